The van der Waals surface area contributed by atoms with Gasteiger partial charge in [0, 0.05) is 32.2 Å². The SMILES string of the molecule is CN(C(=O)NC1CCN(C(=O)OC(C)(C)C)CC1)C1CC1. The Balaban J connectivity index is 1.72. The molecule has 1 aliphatic heterocycles. The first kappa shape index (κ1) is 15.9. The zero-order chi connectivity index (χ0) is 15.6. The first-order chi connectivity index (χ1) is 9.76. The predicted molar refractivity (Wildman–Crippen MR) is 80.1 cm³/mol. The molecule has 6 nitrogen and oxygen atoms in total. The fourth-order valence-corrected chi connectivity index (χ4v) is 2.44. The van der Waals surface area contributed by atoms with Crippen molar-refractivity contribution in [3.05, 3.63) is 0 Å². The molecule has 2 rings (SSSR count). The molecular formula is C15H27N3O3. The fourth-order valence-electron chi connectivity index (χ4n) is 2.44. The summed E-state index contributed by atoms with van der Waals surface area (Å²) in [5.74, 6) is 0. The van der Waals surface area contributed by atoms with Crippen LogP contribution in [0, 0.1) is 0 Å². The normalized spacial score (nSPS) is 20.1. The van der Waals surface area contributed by atoms with Crippen LogP contribution in [0.1, 0.15) is 46.5 Å². The van der Waals surface area contributed by atoms with Crippen LogP contribution in [0.4, 0.5) is 9.59 Å². The Morgan fingerprint density at radius 1 is 1.14 bits per heavy atom. The van der Waals surface area contributed by atoms with Gasteiger partial charge in [0.05, 0.1) is 0 Å². The number of rotatable bonds is 2. The summed E-state index contributed by atoms with van der Waals surface area (Å²) in [6, 6.07) is 0.581. The maximum absolute atomic E-state index is 12.0. The number of piperidine rings is 1. The van der Waals surface area contributed by atoms with Gasteiger partial charge in [-0.2, -0.15) is 0 Å². The molecule has 0 bridgehead atoms. The molecule has 1 saturated heterocycles. The molecule has 0 spiro atoms. The Kier molecular flexibility index (Phi) is 4.64. The molecule has 1 N–H and O–H groups in total. The van der Waals surface area contributed by atoms with Crippen LogP contribution in [0.5, 0.6) is 0 Å². The van der Waals surface area contributed by atoms with E-state index in [4.69, 9.17) is 4.74 Å². The van der Waals surface area contributed by atoms with Crippen LogP contribution in [-0.2, 0) is 4.74 Å². The molecule has 6 heteroatoms. The molecule has 0 radical (unpaired) electrons. The van der Waals surface area contributed by atoms with E-state index in [1.807, 2.05) is 27.8 Å². The third-order valence-electron chi connectivity index (χ3n) is 3.89. The fraction of sp³-hybridized carbons (Fsp3) is 0.867. The second kappa shape index (κ2) is 6.12. The van der Waals surface area contributed by atoms with Crippen molar-refractivity contribution in [2.45, 2.75) is 64.1 Å². The van der Waals surface area contributed by atoms with E-state index >= 15 is 0 Å². The molecule has 0 aromatic rings. The van der Waals surface area contributed by atoms with Crippen molar-refractivity contribution in [3.8, 4) is 0 Å². The maximum Gasteiger partial charge on any atom is 0.410 e. The van der Waals surface area contributed by atoms with E-state index < -0.39 is 5.60 Å². The van der Waals surface area contributed by atoms with Crippen molar-refractivity contribution in [2.75, 3.05) is 20.1 Å². The van der Waals surface area contributed by atoms with Crippen LogP contribution in [-0.4, -0.2) is 59.7 Å². The summed E-state index contributed by atoms with van der Waals surface area (Å²) in [5, 5.41) is 3.06. The Morgan fingerprint density at radius 2 is 1.71 bits per heavy atom. The molecule has 0 aromatic heterocycles. The Bertz CT molecular complexity index is 393. The van der Waals surface area contributed by atoms with Crippen molar-refractivity contribution in [2.24, 2.45) is 0 Å². The lowest BCUT2D eigenvalue weighted by molar-refractivity contribution is 0.0200. The molecule has 2 fully saturated rings. The van der Waals surface area contributed by atoms with Gasteiger partial charge in [-0.3, -0.25) is 0 Å². The monoisotopic (exact) mass is 297 g/mol. The minimum absolute atomic E-state index is 0.00761. The average molecular weight is 297 g/mol. The van der Waals surface area contributed by atoms with E-state index in [9.17, 15) is 9.59 Å². The Hall–Kier alpha value is -1.46. The van der Waals surface area contributed by atoms with Crippen molar-refractivity contribution in [1.82, 2.24) is 15.1 Å². The molecule has 0 unspecified atom stereocenters. The zero-order valence-electron chi connectivity index (χ0n) is 13.5. The quantitative estimate of drug-likeness (QED) is 0.850. The highest BCUT2D eigenvalue weighted by molar-refractivity contribution is 5.75. The third-order valence-corrected chi connectivity index (χ3v) is 3.89. The van der Waals surface area contributed by atoms with E-state index in [1.54, 1.807) is 9.80 Å². The van der Waals surface area contributed by atoms with Gasteiger partial charge in [-0.15, -0.1) is 0 Å². The molecule has 0 atom stereocenters. The summed E-state index contributed by atoms with van der Waals surface area (Å²) in [5.41, 5.74) is -0.463. The van der Waals surface area contributed by atoms with E-state index in [2.05, 4.69) is 5.32 Å². The highest BCUT2D eigenvalue weighted by Gasteiger charge is 2.32. The number of likely N-dealkylation sites (tertiary alicyclic amines) is 1. The van der Waals surface area contributed by atoms with Crippen LogP contribution in [0.25, 0.3) is 0 Å². The van der Waals surface area contributed by atoms with Crippen molar-refractivity contribution in [1.29, 1.82) is 0 Å². The molecular weight excluding hydrogens is 270 g/mol. The summed E-state index contributed by atoms with van der Waals surface area (Å²) in [6.45, 7) is 6.86. The smallest absolute Gasteiger partial charge is 0.410 e. The molecule has 120 valence electrons. The molecule has 1 saturated carbocycles. The van der Waals surface area contributed by atoms with Crippen LogP contribution >= 0.6 is 0 Å². The van der Waals surface area contributed by atoms with Crippen molar-refractivity contribution < 1.29 is 14.3 Å². The number of ether oxygens (including phenoxy) is 1. The number of carbonyl (C=O) groups is 2. The first-order valence-electron chi connectivity index (χ1n) is 7.77. The van der Waals surface area contributed by atoms with Gasteiger partial charge in [0.15, 0.2) is 0 Å². The van der Waals surface area contributed by atoms with Gasteiger partial charge >= 0.3 is 12.1 Å². The highest BCUT2D eigenvalue weighted by atomic mass is 16.6. The minimum Gasteiger partial charge on any atom is -0.444 e. The van der Waals surface area contributed by atoms with Gasteiger partial charge in [-0.05, 0) is 46.5 Å². The maximum atomic E-state index is 12.0. The van der Waals surface area contributed by atoms with E-state index in [1.165, 1.54) is 0 Å². The van der Waals surface area contributed by atoms with Gasteiger partial charge in [-0.1, -0.05) is 0 Å². The number of urea groups is 1. The van der Waals surface area contributed by atoms with Crippen molar-refractivity contribution in [3.63, 3.8) is 0 Å². The molecule has 1 heterocycles. The lowest BCUT2D eigenvalue weighted by atomic mass is 10.1. The van der Waals surface area contributed by atoms with Crippen LogP contribution in [0.15, 0.2) is 0 Å². The lowest BCUT2D eigenvalue weighted by Crippen LogP contribution is -2.50. The van der Waals surface area contributed by atoms with Gasteiger partial charge in [0.25, 0.3) is 0 Å². The van der Waals surface area contributed by atoms with Gasteiger partial charge in [0.2, 0.25) is 0 Å². The summed E-state index contributed by atoms with van der Waals surface area (Å²) >= 11 is 0. The number of hydrogen-bond acceptors (Lipinski definition) is 3. The third kappa shape index (κ3) is 4.79. The second-order valence-electron chi connectivity index (χ2n) is 7.03. The first-order valence-corrected chi connectivity index (χ1v) is 7.77. The number of amides is 3. The summed E-state index contributed by atoms with van der Waals surface area (Å²) in [6.07, 6.45) is 3.53. The number of nitrogens with zero attached hydrogens (tertiary/aromatic N) is 2. The second-order valence-corrected chi connectivity index (χ2v) is 7.03. The highest BCUT2D eigenvalue weighted by Crippen LogP contribution is 2.25. The molecule has 0 aromatic carbocycles. The summed E-state index contributed by atoms with van der Waals surface area (Å²) in [4.78, 5) is 27.5. The van der Waals surface area contributed by atoms with Crippen LogP contribution in [0.2, 0.25) is 0 Å². The average Bonchev–Trinajstić information content (AvgIpc) is 3.20. The lowest BCUT2D eigenvalue weighted by Gasteiger charge is -2.34. The van der Waals surface area contributed by atoms with E-state index in [-0.39, 0.29) is 18.2 Å². The topological polar surface area (TPSA) is 61.9 Å². The molecule has 2 aliphatic rings. The predicted octanol–water partition coefficient (Wildman–Crippen LogP) is 2.19. The number of nitrogens with one attached hydrogen (secondary N) is 1. The van der Waals surface area contributed by atoms with Crippen molar-refractivity contribution >= 4 is 12.1 Å². The van der Waals surface area contributed by atoms with Gasteiger partial charge < -0.3 is 19.9 Å². The Labute approximate surface area is 126 Å². The minimum atomic E-state index is -0.463. The van der Waals surface area contributed by atoms with Gasteiger partial charge in [-0.25, -0.2) is 9.59 Å². The number of hydrogen-bond donors (Lipinski definition) is 1. The standard InChI is InChI=1S/C15H27N3O3/c1-15(2,3)21-14(20)18-9-7-11(8-10-18)16-13(19)17(4)12-5-6-12/h11-12H,5-10H2,1-4H3,(H,16,19). The number of carbonyl (C=O) groups excluding carboxylic acids is 2. The molecule has 3 amide bonds. The molecule has 1 aliphatic carbocycles. The summed E-state index contributed by atoms with van der Waals surface area (Å²) < 4.78 is 5.36. The van der Waals surface area contributed by atoms with E-state index in [0.29, 0.717) is 19.1 Å². The van der Waals surface area contributed by atoms with E-state index in [0.717, 1.165) is 25.7 Å². The zero-order valence-corrected chi connectivity index (χ0v) is 13.5. The largest absolute Gasteiger partial charge is 0.444 e. The van der Waals surface area contributed by atoms with Crippen LogP contribution < -0.4 is 5.32 Å². The summed E-state index contributed by atoms with van der Waals surface area (Å²) in [7, 11) is 1.85. The van der Waals surface area contributed by atoms with Gasteiger partial charge in [0.1, 0.15) is 5.60 Å². The Morgan fingerprint density at radius 3 is 2.19 bits per heavy atom. The van der Waals surface area contributed by atoms with Crippen LogP contribution in [0.3, 0.4) is 0 Å². The molecule has 21 heavy (non-hydrogen) atoms.